The summed E-state index contributed by atoms with van der Waals surface area (Å²) in [6, 6.07) is 5.48. The molecule has 0 bridgehead atoms. The molecule has 0 saturated carbocycles. The zero-order valence-electron chi connectivity index (χ0n) is 10.6. The molecule has 2 N–H and O–H groups in total. The van der Waals surface area contributed by atoms with Gasteiger partial charge in [0, 0.05) is 5.92 Å². The third kappa shape index (κ3) is 5.63. The fourth-order valence-corrected chi connectivity index (χ4v) is 1.17. The molecule has 5 heteroatoms. The number of benzene rings is 1. The van der Waals surface area contributed by atoms with Crippen molar-refractivity contribution >= 4 is 18.2 Å². The Kier molecular flexibility index (Phi) is 7.53. The first-order valence-electron chi connectivity index (χ1n) is 5.61. The van der Waals surface area contributed by atoms with Crippen LogP contribution in [0.4, 0.5) is 0 Å². The predicted molar refractivity (Wildman–Crippen MR) is 70.4 cm³/mol. The van der Waals surface area contributed by atoms with Crippen LogP contribution in [0.25, 0.3) is 0 Å². The van der Waals surface area contributed by atoms with Crippen molar-refractivity contribution in [3.05, 3.63) is 48.0 Å². The van der Waals surface area contributed by atoms with Crippen molar-refractivity contribution in [1.29, 1.82) is 0 Å². The fourth-order valence-electron chi connectivity index (χ4n) is 1.17. The van der Waals surface area contributed by atoms with Gasteiger partial charge in [-0.25, -0.2) is 9.59 Å². The number of carboxylic acids is 2. The molecule has 0 saturated heterocycles. The molecule has 0 heterocycles. The molecule has 5 nitrogen and oxygen atoms in total. The van der Waals surface area contributed by atoms with Crippen LogP contribution in [0.15, 0.2) is 36.9 Å². The summed E-state index contributed by atoms with van der Waals surface area (Å²) in [7, 11) is 0. The Morgan fingerprint density at radius 1 is 1.21 bits per heavy atom. The van der Waals surface area contributed by atoms with E-state index in [4.69, 9.17) is 10.2 Å². The van der Waals surface area contributed by atoms with Gasteiger partial charge in [0.2, 0.25) is 0 Å². The van der Waals surface area contributed by atoms with E-state index >= 15 is 0 Å². The van der Waals surface area contributed by atoms with Crippen LogP contribution < -0.4 is 0 Å². The second kappa shape index (κ2) is 8.63. The Labute approximate surface area is 111 Å². The van der Waals surface area contributed by atoms with Crippen molar-refractivity contribution in [2.45, 2.75) is 13.3 Å². The molecule has 1 aromatic carbocycles. The quantitative estimate of drug-likeness (QED) is 0.629. The van der Waals surface area contributed by atoms with Gasteiger partial charge < -0.3 is 15.0 Å². The minimum absolute atomic E-state index is 0.0694. The fraction of sp³-hybridized carbons (Fsp3) is 0.214. The summed E-state index contributed by atoms with van der Waals surface area (Å²) in [5.41, 5.74) is -0.380. The molecule has 0 fully saturated rings. The summed E-state index contributed by atoms with van der Waals surface area (Å²) in [6.45, 7) is 5.43. The lowest BCUT2D eigenvalue weighted by atomic mass is 10.1. The summed E-state index contributed by atoms with van der Waals surface area (Å²) in [5, 5.41) is 17.1. The second-order valence-electron chi connectivity index (χ2n) is 3.60. The van der Waals surface area contributed by atoms with Gasteiger partial charge in [-0.1, -0.05) is 25.1 Å². The van der Waals surface area contributed by atoms with E-state index in [-0.39, 0.29) is 17.0 Å². The van der Waals surface area contributed by atoms with Crippen LogP contribution >= 0.6 is 0 Å². The Bertz CT molecular complexity index is 424. The zero-order valence-corrected chi connectivity index (χ0v) is 10.6. The topological polar surface area (TPSA) is 91.7 Å². The van der Waals surface area contributed by atoms with E-state index in [0.29, 0.717) is 0 Å². The number of aromatic carboxylic acids is 2. The van der Waals surface area contributed by atoms with E-state index in [1.54, 1.807) is 6.08 Å². The standard InChI is InChI=1S/C8H6O4.C6H10O/c9-7(10)5-3-1-2-4-6(5)8(11)12;1-3-6(4-2)5-7/h1-4H,(H,9,10)(H,11,12);3,5-6H,1,4H2,2H3. The number of allylic oxidation sites excluding steroid dienone is 1. The molecule has 102 valence electrons. The summed E-state index contributed by atoms with van der Waals surface area (Å²) >= 11 is 0. The van der Waals surface area contributed by atoms with Crippen LogP contribution in [-0.2, 0) is 4.79 Å². The highest BCUT2D eigenvalue weighted by Gasteiger charge is 2.13. The zero-order chi connectivity index (χ0) is 14.8. The van der Waals surface area contributed by atoms with Crippen molar-refractivity contribution in [3.63, 3.8) is 0 Å². The Morgan fingerprint density at radius 3 is 1.79 bits per heavy atom. The molecule has 0 amide bonds. The van der Waals surface area contributed by atoms with E-state index in [9.17, 15) is 14.4 Å². The molecule has 0 aromatic heterocycles. The minimum atomic E-state index is -1.23. The molecule has 0 aliphatic rings. The van der Waals surface area contributed by atoms with Crippen LogP contribution in [-0.4, -0.2) is 28.4 Å². The van der Waals surface area contributed by atoms with Gasteiger partial charge in [0.05, 0.1) is 11.1 Å². The third-order valence-corrected chi connectivity index (χ3v) is 2.34. The van der Waals surface area contributed by atoms with Crippen molar-refractivity contribution in [3.8, 4) is 0 Å². The summed E-state index contributed by atoms with van der Waals surface area (Å²) in [4.78, 5) is 30.8. The van der Waals surface area contributed by atoms with Gasteiger partial charge in [-0.15, -0.1) is 6.58 Å². The highest BCUT2D eigenvalue weighted by atomic mass is 16.4. The molecular formula is C14H16O5. The number of hydrogen-bond acceptors (Lipinski definition) is 3. The van der Waals surface area contributed by atoms with Crippen molar-refractivity contribution < 1.29 is 24.6 Å². The average molecular weight is 264 g/mol. The second-order valence-corrected chi connectivity index (χ2v) is 3.60. The van der Waals surface area contributed by atoms with Crippen LogP contribution in [0.1, 0.15) is 34.1 Å². The molecule has 1 atom stereocenters. The van der Waals surface area contributed by atoms with Gasteiger partial charge >= 0.3 is 11.9 Å². The number of rotatable bonds is 5. The van der Waals surface area contributed by atoms with Crippen molar-refractivity contribution in [2.75, 3.05) is 0 Å². The Morgan fingerprint density at radius 2 is 1.63 bits per heavy atom. The normalized spacial score (nSPS) is 10.6. The van der Waals surface area contributed by atoms with Gasteiger partial charge in [0.15, 0.2) is 0 Å². The van der Waals surface area contributed by atoms with Gasteiger partial charge in [-0.3, -0.25) is 0 Å². The van der Waals surface area contributed by atoms with E-state index in [1.807, 2.05) is 6.92 Å². The van der Waals surface area contributed by atoms with Crippen LogP contribution in [0.5, 0.6) is 0 Å². The molecule has 19 heavy (non-hydrogen) atoms. The Hall–Kier alpha value is -2.43. The summed E-state index contributed by atoms with van der Waals surface area (Å²) in [6.07, 6.45) is 3.44. The molecule has 0 spiro atoms. The van der Waals surface area contributed by atoms with Gasteiger partial charge in [-0.2, -0.15) is 0 Å². The highest BCUT2D eigenvalue weighted by molar-refractivity contribution is 6.01. The lowest BCUT2D eigenvalue weighted by molar-refractivity contribution is -0.109. The largest absolute Gasteiger partial charge is 0.478 e. The molecular weight excluding hydrogens is 248 g/mol. The molecule has 1 rings (SSSR count). The van der Waals surface area contributed by atoms with E-state index in [0.717, 1.165) is 12.7 Å². The van der Waals surface area contributed by atoms with E-state index in [1.165, 1.54) is 24.3 Å². The molecule has 0 aliphatic heterocycles. The van der Waals surface area contributed by atoms with Crippen LogP contribution in [0, 0.1) is 5.92 Å². The monoisotopic (exact) mass is 264 g/mol. The first-order valence-corrected chi connectivity index (χ1v) is 5.61. The maximum absolute atomic E-state index is 10.5. The number of carbonyl (C=O) groups is 3. The first kappa shape index (κ1) is 16.6. The van der Waals surface area contributed by atoms with Crippen molar-refractivity contribution in [1.82, 2.24) is 0 Å². The molecule has 1 unspecified atom stereocenters. The summed E-state index contributed by atoms with van der Waals surface area (Å²) < 4.78 is 0. The third-order valence-electron chi connectivity index (χ3n) is 2.34. The molecule has 0 radical (unpaired) electrons. The predicted octanol–water partition coefficient (Wildman–Crippen LogP) is 2.48. The number of carbonyl (C=O) groups excluding carboxylic acids is 1. The Balaban J connectivity index is 0.000000399. The van der Waals surface area contributed by atoms with Gasteiger partial charge in [0.1, 0.15) is 6.29 Å². The maximum atomic E-state index is 10.5. The van der Waals surface area contributed by atoms with E-state index in [2.05, 4.69) is 6.58 Å². The average Bonchev–Trinajstić information content (AvgIpc) is 2.41. The van der Waals surface area contributed by atoms with Gasteiger partial charge in [0.25, 0.3) is 0 Å². The van der Waals surface area contributed by atoms with Crippen LogP contribution in [0.2, 0.25) is 0 Å². The van der Waals surface area contributed by atoms with Gasteiger partial charge in [-0.05, 0) is 18.6 Å². The SMILES string of the molecule is C=CC(C=O)CC.O=C(O)c1ccccc1C(=O)O. The first-order chi connectivity index (χ1) is 8.97. The van der Waals surface area contributed by atoms with E-state index < -0.39 is 11.9 Å². The smallest absolute Gasteiger partial charge is 0.336 e. The van der Waals surface area contributed by atoms with Crippen LogP contribution in [0.3, 0.4) is 0 Å². The van der Waals surface area contributed by atoms with Crippen molar-refractivity contribution in [2.24, 2.45) is 5.92 Å². The highest BCUT2D eigenvalue weighted by Crippen LogP contribution is 2.07. The lowest BCUT2D eigenvalue weighted by Gasteiger charge is -1.98. The molecule has 0 aliphatic carbocycles. The summed E-state index contributed by atoms with van der Waals surface area (Å²) in [5.74, 6) is -2.39. The number of carboxylic acid groups (broad SMARTS) is 2. The maximum Gasteiger partial charge on any atom is 0.336 e. The lowest BCUT2D eigenvalue weighted by Crippen LogP contribution is -2.06. The minimum Gasteiger partial charge on any atom is -0.478 e. The molecule has 1 aromatic rings. The number of aldehydes is 1. The number of hydrogen-bond donors (Lipinski definition) is 2.